The third kappa shape index (κ3) is 3.93. The topological polar surface area (TPSA) is 49.4 Å². The summed E-state index contributed by atoms with van der Waals surface area (Å²) in [6.07, 6.45) is 3.98. The summed E-state index contributed by atoms with van der Waals surface area (Å²) in [4.78, 5) is 2.71. The highest BCUT2D eigenvalue weighted by Gasteiger charge is 2.49. The fraction of sp³-hybridized carbons (Fsp3) is 0.429. The fourth-order valence-electron chi connectivity index (χ4n) is 4.34. The summed E-state index contributed by atoms with van der Waals surface area (Å²) in [6, 6.07) is 15.3. The molecule has 1 spiro atoms. The van der Waals surface area contributed by atoms with Gasteiger partial charge in [0.1, 0.15) is 5.82 Å². The molecule has 2 aromatic carbocycles. The van der Waals surface area contributed by atoms with Crippen LogP contribution >= 0.6 is 0 Å². The maximum Gasteiger partial charge on any atom is 0.240 e. The van der Waals surface area contributed by atoms with Gasteiger partial charge >= 0.3 is 0 Å². The number of hydrogen-bond donors (Lipinski definition) is 1. The average Bonchev–Trinajstić information content (AvgIpc) is 2.69. The smallest absolute Gasteiger partial charge is 0.240 e. The molecule has 0 radical (unpaired) electrons. The van der Waals surface area contributed by atoms with Gasteiger partial charge in [-0.15, -0.1) is 0 Å². The summed E-state index contributed by atoms with van der Waals surface area (Å²) < 4.78 is 41.3. The molecule has 2 fully saturated rings. The van der Waals surface area contributed by atoms with Crippen molar-refractivity contribution in [2.45, 2.75) is 43.2 Å². The van der Waals surface area contributed by atoms with E-state index in [4.69, 9.17) is 0 Å². The lowest BCUT2D eigenvalue weighted by atomic mass is 9.59. The SMILES string of the molecule is O=S(=O)(N[C@@H]1CCC12CCN(Cc1ccc(F)cc1)CC2)c1ccccc1. The maximum atomic E-state index is 13.1. The fourth-order valence-corrected chi connectivity index (χ4v) is 5.73. The number of hydrogen-bond acceptors (Lipinski definition) is 3. The van der Waals surface area contributed by atoms with Crippen molar-refractivity contribution >= 4 is 10.0 Å². The summed E-state index contributed by atoms with van der Waals surface area (Å²) in [5, 5.41) is 0. The van der Waals surface area contributed by atoms with Crippen LogP contribution in [0.25, 0.3) is 0 Å². The van der Waals surface area contributed by atoms with Gasteiger partial charge in [0.15, 0.2) is 0 Å². The summed E-state index contributed by atoms with van der Waals surface area (Å²) >= 11 is 0. The van der Waals surface area contributed by atoms with Gasteiger partial charge in [-0.05, 0) is 74.0 Å². The van der Waals surface area contributed by atoms with E-state index in [2.05, 4.69) is 9.62 Å². The lowest BCUT2D eigenvalue weighted by Gasteiger charge is -2.54. The Bertz CT molecular complexity index is 876. The first-order valence-electron chi connectivity index (χ1n) is 9.51. The van der Waals surface area contributed by atoms with Gasteiger partial charge in [-0.3, -0.25) is 4.90 Å². The zero-order valence-electron chi connectivity index (χ0n) is 15.3. The van der Waals surface area contributed by atoms with Crippen molar-refractivity contribution < 1.29 is 12.8 Å². The predicted octanol–water partition coefficient (Wildman–Crippen LogP) is 3.55. The zero-order valence-corrected chi connectivity index (χ0v) is 16.1. The standard InChI is InChI=1S/C21H25FN2O2S/c22-18-8-6-17(7-9-18)16-24-14-12-21(13-15-24)11-10-20(21)23-27(25,26)19-4-2-1-3-5-19/h1-9,20,23H,10-16H2/t20-/m1/s1. The van der Waals surface area contributed by atoms with Crippen LogP contribution in [0.2, 0.25) is 0 Å². The minimum Gasteiger partial charge on any atom is -0.299 e. The van der Waals surface area contributed by atoms with Crippen LogP contribution in [0.5, 0.6) is 0 Å². The van der Waals surface area contributed by atoms with Gasteiger partial charge < -0.3 is 0 Å². The summed E-state index contributed by atoms with van der Waals surface area (Å²) in [5.74, 6) is -0.209. The van der Waals surface area contributed by atoms with E-state index in [1.807, 2.05) is 18.2 Å². The number of nitrogens with zero attached hydrogens (tertiary/aromatic N) is 1. The first-order chi connectivity index (χ1) is 13.0. The van der Waals surface area contributed by atoms with Gasteiger partial charge in [0.25, 0.3) is 0 Å². The van der Waals surface area contributed by atoms with E-state index in [0.29, 0.717) is 4.90 Å². The lowest BCUT2D eigenvalue weighted by molar-refractivity contribution is 0.000700. The molecule has 1 aliphatic heterocycles. The molecule has 1 aliphatic carbocycles. The Morgan fingerprint density at radius 2 is 1.67 bits per heavy atom. The van der Waals surface area contributed by atoms with E-state index >= 15 is 0 Å². The Morgan fingerprint density at radius 3 is 2.26 bits per heavy atom. The van der Waals surface area contributed by atoms with Crippen LogP contribution in [-0.4, -0.2) is 32.4 Å². The second-order valence-corrected chi connectivity index (χ2v) is 9.50. The highest BCUT2D eigenvalue weighted by atomic mass is 32.2. The molecule has 0 bridgehead atoms. The normalized spacial score (nSPS) is 22.5. The molecule has 2 aromatic rings. The van der Waals surface area contributed by atoms with E-state index < -0.39 is 10.0 Å². The molecule has 6 heteroatoms. The molecule has 1 atom stereocenters. The molecule has 1 saturated carbocycles. The first-order valence-corrected chi connectivity index (χ1v) is 11.0. The third-order valence-corrected chi connectivity index (χ3v) is 7.68. The van der Waals surface area contributed by atoms with Crippen LogP contribution in [-0.2, 0) is 16.6 Å². The van der Waals surface area contributed by atoms with Crippen molar-refractivity contribution in [1.82, 2.24) is 9.62 Å². The molecule has 144 valence electrons. The number of halogens is 1. The molecule has 2 aliphatic rings. The van der Waals surface area contributed by atoms with Crippen LogP contribution in [0.4, 0.5) is 4.39 Å². The number of piperidine rings is 1. The van der Waals surface area contributed by atoms with Crippen molar-refractivity contribution in [1.29, 1.82) is 0 Å². The van der Waals surface area contributed by atoms with E-state index in [1.165, 1.54) is 12.1 Å². The second-order valence-electron chi connectivity index (χ2n) is 7.79. The molecule has 0 amide bonds. The van der Waals surface area contributed by atoms with E-state index in [-0.39, 0.29) is 17.3 Å². The zero-order chi connectivity index (χ0) is 18.9. The molecule has 27 heavy (non-hydrogen) atoms. The van der Waals surface area contributed by atoms with Crippen LogP contribution in [0.1, 0.15) is 31.2 Å². The Labute approximate surface area is 160 Å². The molecule has 0 aromatic heterocycles. The number of rotatable bonds is 5. The number of sulfonamides is 1. The molecule has 1 N–H and O–H groups in total. The molecule has 0 unspecified atom stereocenters. The summed E-state index contributed by atoms with van der Waals surface area (Å²) in [7, 11) is -3.46. The Morgan fingerprint density at radius 1 is 1.00 bits per heavy atom. The van der Waals surface area contributed by atoms with Crippen molar-refractivity contribution in [3.8, 4) is 0 Å². The summed E-state index contributed by atoms with van der Waals surface area (Å²) in [5.41, 5.74) is 1.20. The van der Waals surface area contributed by atoms with Gasteiger partial charge in [-0.1, -0.05) is 30.3 Å². The lowest BCUT2D eigenvalue weighted by Crippen LogP contribution is -2.58. The Hall–Kier alpha value is -1.76. The molecular weight excluding hydrogens is 363 g/mol. The number of likely N-dealkylation sites (tertiary alicyclic amines) is 1. The van der Waals surface area contributed by atoms with Gasteiger partial charge in [0, 0.05) is 12.6 Å². The molecule has 1 saturated heterocycles. The van der Waals surface area contributed by atoms with E-state index in [0.717, 1.165) is 50.9 Å². The van der Waals surface area contributed by atoms with E-state index in [9.17, 15) is 12.8 Å². The maximum absolute atomic E-state index is 13.1. The summed E-state index contributed by atoms with van der Waals surface area (Å²) in [6.45, 7) is 2.71. The average molecular weight is 389 g/mol. The van der Waals surface area contributed by atoms with Crippen LogP contribution in [0, 0.1) is 11.2 Å². The van der Waals surface area contributed by atoms with Gasteiger partial charge in [-0.2, -0.15) is 0 Å². The quantitative estimate of drug-likeness (QED) is 0.852. The molecule has 4 rings (SSSR count). The van der Waals surface area contributed by atoms with Gasteiger partial charge in [-0.25, -0.2) is 17.5 Å². The largest absolute Gasteiger partial charge is 0.299 e. The highest BCUT2D eigenvalue weighted by molar-refractivity contribution is 7.89. The van der Waals surface area contributed by atoms with Crippen LogP contribution < -0.4 is 4.72 Å². The van der Waals surface area contributed by atoms with Gasteiger partial charge in [0.05, 0.1) is 4.90 Å². The van der Waals surface area contributed by atoms with Crippen molar-refractivity contribution in [2.75, 3.05) is 13.1 Å². The van der Waals surface area contributed by atoms with Crippen molar-refractivity contribution in [3.63, 3.8) is 0 Å². The van der Waals surface area contributed by atoms with Crippen LogP contribution in [0.15, 0.2) is 59.5 Å². The number of nitrogens with one attached hydrogen (secondary N) is 1. The molecule has 1 heterocycles. The Balaban J connectivity index is 1.36. The van der Waals surface area contributed by atoms with Crippen LogP contribution in [0.3, 0.4) is 0 Å². The molecule has 4 nitrogen and oxygen atoms in total. The minimum atomic E-state index is -3.46. The monoisotopic (exact) mass is 388 g/mol. The highest BCUT2D eigenvalue weighted by Crippen LogP contribution is 2.49. The van der Waals surface area contributed by atoms with Crippen molar-refractivity contribution in [3.05, 3.63) is 66.0 Å². The molecular formula is C21H25FN2O2S. The second kappa shape index (κ2) is 7.34. The van der Waals surface area contributed by atoms with E-state index in [1.54, 1.807) is 24.3 Å². The van der Waals surface area contributed by atoms with Crippen molar-refractivity contribution in [2.24, 2.45) is 5.41 Å². The minimum absolute atomic E-state index is 0.0238. The van der Waals surface area contributed by atoms with Gasteiger partial charge in [0.2, 0.25) is 10.0 Å². The first kappa shape index (κ1) is 18.6. The number of benzene rings is 2. The third-order valence-electron chi connectivity index (χ3n) is 6.19. The Kier molecular flexibility index (Phi) is 5.05. The predicted molar refractivity (Wildman–Crippen MR) is 103 cm³/mol.